The summed E-state index contributed by atoms with van der Waals surface area (Å²) in [7, 11) is 0. The largest absolute Gasteiger partial charge is 0.329 e. The number of anilines is 2. The van der Waals surface area contributed by atoms with Crippen LogP contribution in [0.3, 0.4) is 0 Å². The number of hydrogen-bond donors (Lipinski definition) is 0. The molecular formula is C20H12ClN5O. The van der Waals surface area contributed by atoms with Gasteiger partial charge in [0.2, 0.25) is 5.69 Å². The quantitative estimate of drug-likeness (QED) is 0.607. The second-order valence-corrected chi connectivity index (χ2v) is 6.47. The Bertz CT molecular complexity index is 1140. The van der Waals surface area contributed by atoms with Crippen LogP contribution >= 0.6 is 11.6 Å². The predicted molar refractivity (Wildman–Crippen MR) is 104 cm³/mol. The number of fused-ring (bicyclic) bond motifs is 1. The van der Waals surface area contributed by atoms with Gasteiger partial charge in [-0.2, -0.15) is 5.26 Å². The van der Waals surface area contributed by atoms with Crippen molar-refractivity contribution in [3.63, 3.8) is 0 Å². The summed E-state index contributed by atoms with van der Waals surface area (Å²) in [6.45, 7) is 7.50. The number of carbonyl (C=O) groups excluding carboxylic acids is 1. The molecule has 1 aliphatic heterocycles. The number of amides is 2. The SMILES string of the molecule is [C-]#[N+]c1ccc(Cl)cc1N1C[C@@H](C#N)N(c2cncc3ccccc23)C1=O. The lowest BCUT2D eigenvalue weighted by molar-refractivity contribution is 0.255. The predicted octanol–water partition coefficient (Wildman–Crippen LogP) is 4.78. The molecule has 2 aromatic carbocycles. The summed E-state index contributed by atoms with van der Waals surface area (Å²) in [6.07, 6.45) is 3.30. The van der Waals surface area contributed by atoms with Crippen molar-refractivity contribution in [1.29, 1.82) is 5.26 Å². The first kappa shape index (κ1) is 16.8. The van der Waals surface area contributed by atoms with Crippen LogP contribution in [0.15, 0.2) is 54.9 Å². The zero-order valence-corrected chi connectivity index (χ0v) is 14.8. The van der Waals surface area contributed by atoms with E-state index in [2.05, 4.69) is 15.9 Å². The second-order valence-electron chi connectivity index (χ2n) is 6.03. The van der Waals surface area contributed by atoms with E-state index in [-0.39, 0.29) is 12.6 Å². The minimum atomic E-state index is -0.706. The molecule has 4 rings (SSSR count). The van der Waals surface area contributed by atoms with Crippen molar-refractivity contribution >= 4 is 45.5 Å². The zero-order valence-electron chi connectivity index (χ0n) is 14.0. The van der Waals surface area contributed by atoms with Gasteiger partial charge in [0.25, 0.3) is 0 Å². The van der Waals surface area contributed by atoms with Gasteiger partial charge < -0.3 is 4.90 Å². The van der Waals surface area contributed by atoms with Gasteiger partial charge in [-0.25, -0.2) is 9.64 Å². The van der Waals surface area contributed by atoms with Gasteiger partial charge in [0.1, 0.15) is 6.04 Å². The van der Waals surface area contributed by atoms with Crippen LogP contribution in [0.4, 0.5) is 21.9 Å². The number of hydrogen-bond acceptors (Lipinski definition) is 3. The van der Waals surface area contributed by atoms with E-state index in [0.29, 0.717) is 22.1 Å². The molecular weight excluding hydrogens is 362 g/mol. The van der Waals surface area contributed by atoms with Crippen LogP contribution in [0, 0.1) is 17.9 Å². The molecule has 2 amide bonds. The molecule has 130 valence electrons. The van der Waals surface area contributed by atoms with Crippen molar-refractivity contribution < 1.29 is 4.79 Å². The minimum absolute atomic E-state index is 0.140. The third kappa shape index (κ3) is 2.73. The van der Waals surface area contributed by atoms with E-state index in [4.69, 9.17) is 18.2 Å². The highest BCUT2D eigenvalue weighted by Crippen LogP contribution is 2.38. The van der Waals surface area contributed by atoms with Crippen LogP contribution in [0.25, 0.3) is 15.6 Å². The molecule has 2 heterocycles. The van der Waals surface area contributed by atoms with Gasteiger partial charge in [-0.15, -0.1) is 0 Å². The summed E-state index contributed by atoms with van der Waals surface area (Å²) in [5, 5.41) is 11.8. The molecule has 0 spiro atoms. The fraction of sp³-hybridized carbons (Fsp3) is 0.100. The molecule has 1 atom stereocenters. The van der Waals surface area contributed by atoms with Crippen LogP contribution in [0.5, 0.6) is 0 Å². The smallest absolute Gasteiger partial charge is 0.300 e. The number of aromatic nitrogens is 1. The molecule has 0 saturated carbocycles. The van der Waals surface area contributed by atoms with Crippen molar-refractivity contribution in [2.75, 3.05) is 16.3 Å². The molecule has 27 heavy (non-hydrogen) atoms. The molecule has 6 nitrogen and oxygen atoms in total. The first-order valence-electron chi connectivity index (χ1n) is 8.14. The number of nitrogens with zero attached hydrogens (tertiary/aromatic N) is 5. The Kier molecular flexibility index (Phi) is 4.12. The molecule has 0 N–H and O–H groups in total. The number of pyridine rings is 1. The maximum atomic E-state index is 13.2. The van der Waals surface area contributed by atoms with Gasteiger partial charge in [-0.1, -0.05) is 48.0 Å². The standard InChI is InChI=1S/C20H12ClN5O/c1-23-17-7-6-14(21)8-18(17)25-12-15(9-22)26(20(25)27)19-11-24-10-13-4-2-3-5-16(13)19/h2-8,10-11,15H,12H2/t15-/m1/s1. The number of halogens is 1. The van der Waals surface area contributed by atoms with Crippen LogP contribution in [-0.4, -0.2) is 23.6 Å². The van der Waals surface area contributed by atoms with Gasteiger partial charge in [-0.05, 0) is 6.07 Å². The molecule has 0 aliphatic carbocycles. The highest BCUT2D eigenvalue weighted by molar-refractivity contribution is 6.31. The van der Waals surface area contributed by atoms with Gasteiger partial charge in [-0.3, -0.25) is 9.88 Å². The Morgan fingerprint density at radius 3 is 2.81 bits per heavy atom. The highest BCUT2D eigenvalue weighted by Gasteiger charge is 2.40. The summed E-state index contributed by atoms with van der Waals surface area (Å²) in [5.41, 5.74) is 1.28. The number of benzene rings is 2. The van der Waals surface area contributed by atoms with E-state index in [0.717, 1.165) is 10.8 Å². The molecule has 1 aromatic heterocycles. The summed E-state index contributed by atoms with van der Waals surface area (Å²) in [4.78, 5) is 23.8. The normalized spacial score (nSPS) is 16.4. The van der Waals surface area contributed by atoms with E-state index < -0.39 is 6.04 Å². The average molecular weight is 374 g/mol. The first-order chi connectivity index (χ1) is 13.1. The van der Waals surface area contributed by atoms with Crippen LogP contribution < -0.4 is 9.80 Å². The van der Waals surface area contributed by atoms with Gasteiger partial charge in [0.05, 0.1) is 36.8 Å². The Morgan fingerprint density at radius 1 is 1.22 bits per heavy atom. The monoisotopic (exact) mass is 373 g/mol. The molecule has 0 unspecified atom stereocenters. The van der Waals surface area contributed by atoms with Crippen molar-refractivity contribution in [3.8, 4) is 6.07 Å². The first-order valence-corrected chi connectivity index (χ1v) is 8.52. The van der Waals surface area contributed by atoms with Crippen LogP contribution in [0.1, 0.15) is 0 Å². The minimum Gasteiger partial charge on any atom is -0.300 e. The van der Waals surface area contributed by atoms with Crippen LogP contribution in [0.2, 0.25) is 5.02 Å². The van der Waals surface area contributed by atoms with E-state index >= 15 is 0 Å². The Balaban J connectivity index is 1.84. The van der Waals surface area contributed by atoms with Crippen LogP contribution in [-0.2, 0) is 0 Å². The summed E-state index contributed by atoms with van der Waals surface area (Å²) in [6, 6.07) is 13.4. The Hall–Kier alpha value is -3.61. The Labute approximate surface area is 160 Å². The number of nitriles is 1. The second kappa shape index (κ2) is 6.60. The number of urea groups is 1. The lowest BCUT2D eigenvalue weighted by Gasteiger charge is -2.21. The Morgan fingerprint density at radius 2 is 2.04 bits per heavy atom. The lowest BCUT2D eigenvalue weighted by atomic mass is 10.1. The molecule has 1 aliphatic rings. The average Bonchev–Trinajstić information content (AvgIpc) is 3.03. The maximum Gasteiger partial charge on any atom is 0.329 e. The van der Waals surface area contributed by atoms with E-state index in [1.54, 1.807) is 30.6 Å². The molecule has 0 radical (unpaired) electrons. The third-order valence-corrected chi connectivity index (χ3v) is 4.74. The summed E-state index contributed by atoms with van der Waals surface area (Å²) in [5.74, 6) is 0. The molecule has 7 heteroatoms. The van der Waals surface area contributed by atoms with Crippen molar-refractivity contribution in [1.82, 2.24) is 4.98 Å². The van der Waals surface area contributed by atoms with E-state index in [1.807, 2.05) is 24.3 Å². The summed E-state index contributed by atoms with van der Waals surface area (Å²) >= 11 is 6.07. The molecule has 1 saturated heterocycles. The molecule has 0 bridgehead atoms. The molecule has 1 fully saturated rings. The maximum absolute atomic E-state index is 13.2. The number of rotatable bonds is 2. The van der Waals surface area contributed by atoms with E-state index in [1.165, 1.54) is 9.80 Å². The number of carbonyl (C=O) groups is 1. The fourth-order valence-corrected chi connectivity index (χ4v) is 3.43. The van der Waals surface area contributed by atoms with Crippen molar-refractivity contribution in [2.24, 2.45) is 0 Å². The fourth-order valence-electron chi connectivity index (χ4n) is 3.27. The highest BCUT2D eigenvalue weighted by atomic mass is 35.5. The third-order valence-electron chi connectivity index (χ3n) is 4.51. The van der Waals surface area contributed by atoms with E-state index in [9.17, 15) is 10.1 Å². The zero-order chi connectivity index (χ0) is 19.0. The van der Waals surface area contributed by atoms with Gasteiger partial charge in [0, 0.05) is 22.0 Å². The topological polar surface area (TPSA) is 64.6 Å². The van der Waals surface area contributed by atoms with Gasteiger partial charge >= 0.3 is 6.03 Å². The van der Waals surface area contributed by atoms with Crippen molar-refractivity contribution in [2.45, 2.75) is 6.04 Å². The lowest BCUT2D eigenvalue weighted by Crippen LogP contribution is -2.34. The van der Waals surface area contributed by atoms with Gasteiger partial charge in [0.15, 0.2) is 0 Å². The van der Waals surface area contributed by atoms with Crippen molar-refractivity contribution in [3.05, 3.63) is 71.3 Å². The molecule has 3 aromatic rings. The summed E-state index contributed by atoms with van der Waals surface area (Å²) < 4.78 is 0.